The van der Waals surface area contributed by atoms with Crippen molar-refractivity contribution in [2.75, 3.05) is 26.8 Å². The van der Waals surface area contributed by atoms with Gasteiger partial charge in [0.2, 0.25) is 0 Å². The van der Waals surface area contributed by atoms with Crippen molar-refractivity contribution < 1.29 is 13.9 Å². The van der Waals surface area contributed by atoms with Crippen molar-refractivity contribution >= 4 is 6.09 Å². The number of nitrogens with one attached hydrogen (secondary N) is 1. The normalized spacial score (nSPS) is 25.8. The maximum absolute atomic E-state index is 12.8. The van der Waals surface area contributed by atoms with Crippen LogP contribution in [0.25, 0.3) is 0 Å². The standard InChI is InChI=1S/C13H25FN2O2/c1-13(2,3)18-12(17)15-9-10-5-6-16(4)11(7-10)8-14/h10-11H,5-9H2,1-4H3,(H,15,17). The lowest BCUT2D eigenvalue weighted by Crippen LogP contribution is -2.44. The second-order valence-electron chi connectivity index (χ2n) is 6.06. The Morgan fingerprint density at radius 1 is 1.50 bits per heavy atom. The maximum Gasteiger partial charge on any atom is 0.407 e. The zero-order valence-electron chi connectivity index (χ0n) is 11.8. The highest BCUT2D eigenvalue weighted by molar-refractivity contribution is 5.67. The molecule has 2 atom stereocenters. The SMILES string of the molecule is CN1CCC(CNC(=O)OC(C)(C)C)CC1CF. The molecular formula is C13H25FN2O2. The van der Waals surface area contributed by atoms with Crippen LogP contribution in [0.3, 0.4) is 0 Å². The third kappa shape index (κ3) is 5.21. The third-order valence-electron chi connectivity index (χ3n) is 3.23. The van der Waals surface area contributed by atoms with Crippen LogP contribution in [0.15, 0.2) is 0 Å². The average molecular weight is 260 g/mol. The molecule has 0 aromatic heterocycles. The van der Waals surface area contributed by atoms with Crippen LogP contribution in [-0.4, -0.2) is 49.4 Å². The quantitative estimate of drug-likeness (QED) is 0.845. The van der Waals surface area contributed by atoms with Gasteiger partial charge in [-0.05, 0) is 53.1 Å². The van der Waals surface area contributed by atoms with E-state index < -0.39 is 11.7 Å². The largest absolute Gasteiger partial charge is 0.444 e. The first-order valence-corrected chi connectivity index (χ1v) is 6.55. The van der Waals surface area contributed by atoms with Gasteiger partial charge in [0.05, 0.1) is 0 Å². The first kappa shape index (κ1) is 15.2. The third-order valence-corrected chi connectivity index (χ3v) is 3.23. The molecule has 18 heavy (non-hydrogen) atoms. The number of nitrogens with zero attached hydrogens (tertiary/aromatic N) is 1. The summed E-state index contributed by atoms with van der Waals surface area (Å²) >= 11 is 0. The molecule has 2 unspecified atom stereocenters. The predicted octanol–water partition coefficient (Wildman–Crippen LogP) is 2.19. The molecule has 106 valence electrons. The smallest absolute Gasteiger partial charge is 0.407 e. The van der Waals surface area contributed by atoms with Crippen molar-refractivity contribution in [2.24, 2.45) is 5.92 Å². The number of rotatable bonds is 3. The Labute approximate surface area is 109 Å². The van der Waals surface area contributed by atoms with E-state index in [2.05, 4.69) is 5.32 Å². The number of likely N-dealkylation sites (tertiary alicyclic amines) is 1. The Bertz CT molecular complexity index is 279. The molecule has 1 saturated heterocycles. The highest BCUT2D eigenvalue weighted by Gasteiger charge is 2.26. The molecule has 0 aliphatic carbocycles. The minimum atomic E-state index is -0.474. The molecule has 0 saturated carbocycles. The zero-order chi connectivity index (χ0) is 13.8. The highest BCUT2D eigenvalue weighted by Crippen LogP contribution is 2.21. The molecular weight excluding hydrogens is 235 g/mol. The van der Waals surface area contributed by atoms with Gasteiger partial charge in [-0.1, -0.05) is 0 Å². The Balaban J connectivity index is 2.29. The second-order valence-corrected chi connectivity index (χ2v) is 6.06. The molecule has 0 radical (unpaired) electrons. The van der Waals surface area contributed by atoms with Gasteiger partial charge in [-0.25, -0.2) is 9.18 Å². The lowest BCUT2D eigenvalue weighted by atomic mass is 9.92. The minimum Gasteiger partial charge on any atom is -0.444 e. The lowest BCUT2D eigenvalue weighted by Gasteiger charge is -2.35. The molecule has 1 fully saturated rings. The van der Waals surface area contributed by atoms with Gasteiger partial charge in [-0.3, -0.25) is 0 Å². The number of halogens is 1. The number of ether oxygens (including phenoxy) is 1. The highest BCUT2D eigenvalue weighted by atomic mass is 19.1. The van der Waals surface area contributed by atoms with Gasteiger partial charge in [0.1, 0.15) is 12.3 Å². The monoisotopic (exact) mass is 260 g/mol. The summed E-state index contributed by atoms with van der Waals surface area (Å²) in [6.07, 6.45) is 1.39. The Morgan fingerprint density at radius 3 is 2.72 bits per heavy atom. The Kier molecular flexibility index (Phi) is 5.38. The summed E-state index contributed by atoms with van der Waals surface area (Å²) in [5.74, 6) is 0.342. The summed E-state index contributed by atoms with van der Waals surface area (Å²) in [6, 6.07) is -0.0100. The number of alkyl carbamates (subject to hydrolysis) is 1. The second kappa shape index (κ2) is 6.36. The molecule has 1 amide bonds. The average Bonchev–Trinajstić information content (AvgIpc) is 2.25. The first-order chi connectivity index (χ1) is 8.31. The molecule has 0 aromatic carbocycles. The Hall–Kier alpha value is -0.840. The van der Waals surface area contributed by atoms with Crippen LogP contribution in [0.5, 0.6) is 0 Å². The van der Waals surface area contributed by atoms with Crippen molar-refractivity contribution in [1.29, 1.82) is 0 Å². The molecule has 1 heterocycles. The summed E-state index contributed by atoms with van der Waals surface area (Å²) in [5.41, 5.74) is -0.474. The molecule has 1 aliphatic heterocycles. The van der Waals surface area contributed by atoms with E-state index in [9.17, 15) is 9.18 Å². The van der Waals surface area contributed by atoms with Gasteiger partial charge in [0.15, 0.2) is 0 Å². The van der Waals surface area contributed by atoms with Crippen LogP contribution >= 0.6 is 0 Å². The van der Waals surface area contributed by atoms with E-state index in [0.717, 1.165) is 19.4 Å². The van der Waals surface area contributed by atoms with Crippen LogP contribution in [0, 0.1) is 5.92 Å². The predicted molar refractivity (Wildman–Crippen MR) is 69.4 cm³/mol. The van der Waals surface area contributed by atoms with Crippen LogP contribution in [0.4, 0.5) is 9.18 Å². The molecule has 5 heteroatoms. The maximum atomic E-state index is 12.8. The van der Waals surface area contributed by atoms with Crippen LogP contribution in [0.1, 0.15) is 33.6 Å². The van der Waals surface area contributed by atoms with Gasteiger partial charge in [-0.15, -0.1) is 0 Å². The van der Waals surface area contributed by atoms with Gasteiger partial charge >= 0.3 is 6.09 Å². The fourth-order valence-electron chi connectivity index (χ4n) is 2.16. The zero-order valence-corrected chi connectivity index (χ0v) is 11.8. The minimum absolute atomic E-state index is 0.0100. The summed E-state index contributed by atoms with van der Waals surface area (Å²) in [6.45, 7) is 6.64. The number of piperidine rings is 1. The van der Waals surface area contributed by atoms with Gasteiger partial charge in [0, 0.05) is 12.6 Å². The van der Waals surface area contributed by atoms with E-state index in [1.807, 2.05) is 32.7 Å². The number of amides is 1. The van der Waals surface area contributed by atoms with E-state index in [1.165, 1.54) is 0 Å². The van der Waals surface area contributed by atoms with Crippen molar-refractivity contribution in [3.63, 3.8) is 0 Å². The molecule has 1 aliphatic rings. The number of hydrogen-bond acceptors (Lipinski definition) is 3. The molecule has 4 nitrogen and oxygen atoms in total. The molecule has 0 spiro atoms. The molecule has 0 bridgehead atoms. The summed E-state index contributed by atoms with van der Waals surface area (Å²) in [7, 11) is 1.95. The summed E-state index contributed by atoms with van der Waals surface area (Å²) in [4.78, 5) is 13.5. The summed E-state index contributed by atoms with van der Waals surface area (Å²) < 4.78 is 17.9. The van der Waals surface area contributed by atoms with E-state index >= 15 is 0 Å². The van der Waals surface area contributed by atoms with Crippen molar-refractivity contribution in [2.45, 2.75) is 45.3 Å². The van der Waals surface area contributed by atoms with Crippen molar-refractivity contribution in [1.82, 2.24) is 10.2 Å². The van der Waals surface area contributed by atoms with Gasteiger partial charge < -0.3 is 15.0 Å². The number of hydrogen-bond donors (Lipinski definition) is 1. The summed E-state index contributed by atoms with van der Waals surface area (Å²) in [5, 5.41) is 2.77. The molecule has 1 rings (SSSR count). The number of carbonyl (C=O) groups excluding carboxylic acids is 1. The van der Waals surface area contributed by atoms with Gasteiger partial charge in [0.25, 0.3) is 0 Å². The van der Waals surface area contributed by atoms with Crippen molar-refractivity contribution in [3.05, 3.63) is 0 Å². The van der Waals surface area contributed by atoms with E-state index in [0.29, 0.717) is 12.5 Å². The van der Waals surface area contributed by atoms with E-state index in [1.54, 1.807) is 0 Å². The van der Waals surface area contributed by atoms with Crippen LogP contribution in [0.2, 0.25) is 0 Å². The number of carbonyl (C=O) groups is 1. The first-order valence-electron chi connectivity index (χ1n) is 6.55. The Morgan fingerprint density at radius 2 is 2.17 bits per heavy atom. The number of alkyl halides is 1. The van der Waals surface area contributed by atoms with E-state index in [-0.39, 0.29) is 12.7 Å². The fourth-order valence-corrected chi connectivity index (χ4v) is 2.16. The van der Waals surface area contributed by atoms with Crippen LogP contribution in [-0.2, 0) is 4.74 Å². The van der Waals surface area contributed by atoms with E-state index in [4.69, 9.17) is 4.74 Å². The molecule has 0 aromatic rings. The lowest BCUT2D eigenvalue weighted by molar-refractivity contribution is 0.0498. The molecule has 1 N–H and O–H groups in total. The topological polar surface area (TPSA) is 41.6 Å². The van der Waals surface area contributed by atoms with Crippen molar-refractivity contribution in [3.8, 4) is 0 Å². The van der Waals surface area contributed by atoms with Gasteiger partial charge in [-0.2, -0.15) is 0 Å². The van der Waals surface area contributed by atoms with Crippen LogP contribution < -0.4 is 5.32 Å². The fraction of sp³-hybridized carbons (Fsp3) is 0.923.